The fourth-order valence-electron chi connectivity index (χ4n) is 0. The molecule has 0 nitrogen and oxygen atoms in total. The predicted octanol–water partition coefficient (Wildman–Crippen LogP) is 2.22. The average molecular weight is 72.2 g/mol. The summed E-state index contributed by atoms with van der Waals surface area (Å²) in [7, 11) is 0. The van der Waals surface area contributed by atoms with E-state index in [4.69, 9.17) is 0 Å². The molecule has 0 aromatic heterocycles. The van der Waals surface area contributed by atoms with Crippen LogP contribution in [-0.4, -0.2) is 0 Å². The van der Waals surface area contributed by atoms with Gasteiger partial charge in [0, 0.05) is 0 Å². The lowest BCUT2D eigenvalue weighted by atomic mass is 10.6. The SMILES string of the molecule is C.C/C=C\C. The molecule has 0 aliphatic heterocycles. The van der Waals surface area contributed by atoms with Gasteiger partial charge in [-0.05, 0) is 13.8 Å². The van der Waals surface area contributed by atoms with Crippen LogP contribution in [0.4, 0.5) is 0 Å². The maximum absolute atomic E-state index is 2.00. The van der Waals surface area contributed by atoms with Crippen molar-refractivity contribution < 1.29 is 0 Å². The summed E-state index contributed by atoms with van der Waals surface area (Å²) in [5.74, 6) is 0. The van der Waals surface area contributed by atoms with Gasteiger partial charge in [0.2, 0.25) is 0 Å². The van der Waals surface area contributed by atoms with Gasteiger partial charge in [-0.2, -0.15) is 0 Å². The van der Waals surface area contributed by atoms with Crippen LogP contribution in [0.1, 0.15) is 21.3 Å². The van der Waals surface area contributed by atoms with Crippen molar-refractivity contribution in [3.63, 3.8) is 0 Å². The predicted molar refractivity (Wildman–Crippen MR) is 27.2 cm³/mol. The molecule has 5 heavy (non-hydrogen) atoms. The molecular formula is C5H12. The molecule has 0 rings (SSSR count). The highest BCUT2D eigenvalue weighted by Gasteiger charge is 1.34. The van der Waals surface area contributed by atoms with Gasteiger partial charge in [-0.15, -0.1) is 0 Å². The highest BCUT2D eigenvalue weighted by atomic mass is 13.4. The molecule has 0 atom stereocenters. The summed E-state index contributed by atoms with van der Waals surface area (Å²) in [5, 5.41) is 0. The maximum atomic E-state index is 2.00. The molecule has 0 heteroatoms. The van der Waals surface area contributed by atoms with E-state index >= 15 is 0 Å². The monoisotopic (exact) mass is 72.1 g/mol. The van der Waals surface area contributed by atoms with Crippen LogP contribution in [0, 0.1) is 0 Å². The van der Waals surface area contributed by atoms with Gasteiger partial charge in [0.25, 0.3) is 0 Å². The molecule has 0 spiro atoms. The normalized spacial score (nSPS) is 7.60. The Balaban J connectivity index is 0. The van der Waals surface area contributed by atoms with Crippen molar-refractivity contribution in [1.82, 2.24) is 0 Å². The summed E-state index contributed by atoms with van der Waals surface area (Å²) in [6.45, 7) is 4.00. The molecule has 0 aromatic carbocycles. The van der Waals surface area contributed by atoms with Crippen molar-refractivity contribution in [3.05, 3.63) is 12.2 Å². The van der Waals surface area contributed by atoms with E-state index in [0.717, 1.165) is 0 Å². The van der Waals surface area contributed by atoms with Crippen molar-refractivity contribution in [3.8, 4) is 0 Å². The number of allylic oxidation sites excluding steroid dienone is 2. The van der Waals surface area contributed by atoms with Crippen LogP contribution < -0.4 is 0 Å². The minimum absolute atomic E-state index is 0. The third-order valence-corrected chi connectivity index (χ3v) is 0.333. The minimum Gasteiger partial charge on any atom is -0.0919 e. The highest BCUT2D eigenvalue weighted by Crippen LogP contribution is 1.57. The third kappa shape index (κ3) is 20.7. The van der Waals surface area contributed by atoms with Crippen LogP contribution >= 0.6 is 0 Å². The molecule has 0 radical (unpaired) electrons. The molecule has 0 fully saturated rings. The van der Waals surface area contributed by atoms with E-state index < -0.39 is 0 Å². The molecule has 0 aliphatic rings. The molecule has 0 aliphatic carbocycles. The molecule has 0 heterocycles. The summed E-state index contributed by atoms with van der Waals surface area (Å²) >= 11 is 0. The Morgan fingerprint density at radius 2 is 1.20 bits per heavy atom. The van der Waals surface area contributed by atoms with Crippen LogP contribution in [0.3, 0.4) is 0 Å². The Morgan fingerprint density at radius 1 is 1.00 bits per heavy atom. The zero-order valence-corrected chi connectivity index (χ0v) is 3.15. The summed E-state index contributed by atoms with van der Waals surface area (Å²) in [5.41, 5.74) is 0. The topological polar surface area (TPSA) is 0 Å². The van der Waals surface area contributed by atoms with Crippen molar-refractivity contribution >= 4 is 0 Å². The molecule has 0 amide bonds. The van der Waals surface area contributed by atoms with E-state index in [9.17, 15) is 0 Å². The second kappa shape index (κ2) is 9.27. The number of rotatable bonds is 0. The second-order valence-corrected chi connectivity index (χ2v) is 0.667. The van der Waals surface area contributed by atoms with Crippen LogP contribution in [0.2, 0.25) is 0 Å². The zero-order valence-electron chi connectivity index (χ0n) is 3.15. The lowest BCUT2D eigenvalue weighted by Crippen LogP contribution is -1.26. The zero-order chi connectivity index (χ0) is 3.41. The Labute approximate surface area is 34.5 Å². The fourth-order valence-corrected chi connectivity index (χ4v) is 0. The Morgan fingerprint density at radius 3 is 1.20 bits per heavy atom. The summed E-state index contributed by atoms with van der Waals surface area (Å²) in [4.78, 5) is 0. The number of hydrogen-bond acceptors (Lipinski definition) is 0. The second-order valence-electron chi connectivity index (χ2n) is 0.667. The standard InChI is InChI=1S/C4H8.CH4/c1-3-4-2;/h3-4H,1-2H3;1H4/b4-3-;. The quantitative estimate of drug-likeness (QED) is 0.385. The van der Waals surface area contributed by atoms with Gasteiger partial charge in [0.15, 0.2) is 0 Å². The fraction of sp³-hybridized carbons (Fsp3) is 0.600. The van der Waals surface area contributed by atoms with Gasteiger partial charge in [-0.1, -0.05) is 19.6 Å². The van der Waals surface area contributed by atoms with Crippen LogP contribution in [-0.2, 0) is 0 Å². The van der Waals surface area contributed by atoms with Gasteiger partial charge in [-0.25, -0.2) is 0 Å². The van der Waals surface area contributed by atoms with Gasteiger partial charge in [0.05, 0.1) is 0 Å². The van der Waals surface area contributed by atoms with Crippen molar-refractivity contribution in [1.29, 1.82) is 0 Å². The van der Waals surface area contributed by atoms with E-state index in [1.54, 1.807) is 0 Å². The maximum Gasteiger partial charge on any atom is -0.0470 e. The lowest BCUT2D eigenvalue weighted by Gasteiger charge is -1.49. The van der Waals surface area contributed by atoms with Crippen molar-refractivity contribution in [2.24, 2.45) is 0 Å². The third-order valence-electron chi connectivity index (χ3n) is 0.333. The van der Waals surface area contributed by atoms with E-state index in [2.05, 4.69) is 0 Å². The van der Waals surface area contributed by atoms with Crippen LogP contribution in [0.25, 0.3) is 0 Å². The van der Waals surface area contributed by atoms with Crippen LogP contribution in [0.15, 0.2) is 12.2 Å². The molecule has 0 unspecified atom stereocenters. The molecule has 32 valence electrons. The highest BCUT2D eigenvalue weighted by molar-refractivity contribution is 4.68. The first-order valence-corrected chi connectivity index (χ1v) is 1.49. The first-order valence-electron chi connectivity index (χ1n) is 1.49. The molecule has 0 bridgehead atoms. The van der Waals surface area contributed by atoms with Crippen molar-refractivity contribution in [2.45, 2.75) is 21.3 Å². The van der Waals surface area contributed by atoms with Gasteiger partial charge >= 0.3 is 0 Å². The molecule has 0 saturated carbocycles. The average Bonchev–Trinajstić information content (AvgIpc) is 1.37. The largest absolute Gasteiger partial charge is 0.0919 e. The first-order chi connectivity index (χ1) is 1.91. The Hall–Kier alpha value is -0.260. The molecule has 0 saturated heterocycles. The lowest BCUT2D eigenvalue weighted by molar-refractivity contribution is 1.64. The summed E-state index contributed by atoms with van der Waals surface area (Å²) in [6, 6.07) is 0. The number of hydrogen-bond donors (Lipinski definition) is 0. The van der Waals surface area contributed by atoms with Gasteiger partial charge in [-0.3, -0.25) is 0 Å². The smallest absolute Gasteiger partial charge is 0.0470 e. The van der Waals surface area contributed by atoms with E-state index in [-0.39, 0.29) is 7.43 Å². The summed E-state index contributed by atoms with van der Waals surface area (Å²) in [6.07, 6.45) is 4.00. The van der Waals surface area contributed by atoms with E-state index in [0.29, 0.717) is 0 Å². The Kier molecular flexibility index (Phi) is 16.4. The molecule has 0 aromatic rings. The Bertz CT molecular complexity index is 15.2. The van der Waals surface area contributed by atoms with Crippen LogP contribution in [0.5, 0.6) is 0 Å². The van der Waals surface area contributed by atoms with Gasteiger partial charge in [0.1, 0.15) is 0 Å². The minimum atomic E-state index is 0. The molecule has 0 N–H and O–H groups in total. The van der Waals surface area contributed by atoms with E-state index in [1.165, 1.54) is 0 Å². The molecular weight excluding hydrogens is 60.1 g/mol. The van der Waals surface area contributed by atoms with Gasteiger partial charge < -0.3 is 0 Å². The van der Waals surface area contributed by atoms with E-state index in [1.807, 2.05) is 26.0 Å². The first kappa shape index (κ1) is 8.83. The summed E-state index contributed by atoms with van der Waals surface area (Å²) < 4.78 is 0. The van der Waals surface area contributed by atoms with Crippen molar-refractivity contribution in [2.75, 3.05) is 0 Å².